The van der Waals surface area contributed by atoms with Gasteiger partial charge in [-0.05, 0) is 6.42 Å². The molecule has 122 valence electrons. The highest BCUT2D eigenvalue weighted by Crippen LogP contribution is 2.17. The number of aromatic nitrogens is 4. The molecule has 1 aliphatic heterocycles. The summed E-state index contributed by atoms with van der Waals surface area (Å²) < 4.78 is 6.93. The number of carbonyl (C=O) groups is 2. The third-order valence-electron chi connectivity index (χ3n) is 3.35. The zero-order valence-electron chi connectivity index (χ0n) is 12.1. The number of carboxylic acid groups (broad SMARTS) is 1. The fourth-order valence-electron chi connectivity index (χ4n) is 2.25. The minimum atomic E-state index is -0.966. The molecule has 2 N–H and O–H groups in total. The number of nitrogens with zero attached hydrogens (tertiary/aromatic N) is 4. The quantitative estimate of drug-likeness (QED) is 0.794. The molecule has 1 aliphatic rings. The van der Waals surface area contributed by atoms with Crippen molar-refractivity contribution >= 4 is 28.3 Å². The maximum atomic E-state index is 12.1. The van der Waals surface area contributed by atoms with E-state index in [9.17, 15) is 9.59 Å². The average Bonchev–Trinajstić information content (AvgIpc) is 3.21. The van der Waals surface area contributed by atoms with E-state index in [-0.39, 0.29) is 12.1 Å². The SMILES string of the molecule is O=C(O)Cc1csc(NC(=O)c2cn(CC3CCOC3)nn2)n1. The van der Waals surface area contributed by atoms with Crippen molar-refractivity contribution in [2.45, 2.75) is 19.4 Å². The molecule has 0 bridgehead atoms. The van der Waals surface area contributed by atoms with Crippen LogP contribution in [0.25, 0.3) is 0 Å². The minimum absolute atomic E-state index is 0.175. The summed E-state index contributed by atoms with van der Waals surface area (Å²) in [5.41, 5.74) is 0.599. The smallest absolute Gasteiger partial charge is 0.309 e. The van der Waals surface area contributed by atoms with Gasteiger partial charge < -0.3 is 9.84 Å². The highest BCUT2D eigenvalue weighted by Gasteiger charge is 2.18. The average molecular weight is 337 g/mol. The van der Waals surface area contributed by atoms with Crippen LogP contribution in [0, 0.1) is 5.92 Å². The van der Waals surface area contributed by atoms with E-state index < -0.39 is 11.9 Å². The predicted octanol–water partition coefficient (Wildman–Crippen LogP) is 0.650. The molecule has 23 heavy (non-hydrogen) atoms. The van der Waals surface area contributed by atoms with Gasteiger partial charge >= 0.3 is 5.97 Å². The Kier molecular flexibility index (Phi) is 4.63. The molecule has 0 radical (unpaired) electrons. The van der Waals surface area contributed by atoms with Crippen LogP contribution in [0.5, 0.6) is 0 Å². The largest absolute Gasteiger partial charge is 0.481 e. The molecular weight excluding hydrogens is 322 g/mol. The number of aliphatic carboxylic acids is 1. The fourth-order valence-corrected chi connectivity index (χ4v) is 2.95. The van der Waals surface area contributed by atoms with Crippen LogP contribution in [0.4, 0.5) is 5.13 Å². The summed E-state index contributed by atoms with van der Waals surface area (Å²) in [5.74, 6) is -0.993. The number of amides is 1. The van der Waals surface area contributed by atoms with Crippen molar-refractivity contribution < 1.29 is 19.4 Å². The highest BCUT2D eigenvalue weighted by molar-refractivity contribution is 7.14. The Bertz CT molecular complexity index is 707. The van der Waals surface area contributed by atoms with Crippen LogP contribution >= 0.6 is 11.3 Å². The van der Waals surface area contributed by atoms with Crippen molar-refractivity contribution in [3.8, 4) is 0 Å². The maximum absolute atomic E-state index is 12.1. The number of carbonyl (C=O) groups excluding carboxylic acids is 1. The minimum Gasteiger partial charge on any atom is -0.481 e. The lowest BCUT2D eigenvalue weighted by molar-refractivity contribution is -0.136. The lowest BCUT2D eigenvalue weighted by atomic mass is 10.1. The van der Waals surface area contributed by atoms with Gasteiger partial charge in [-0.1, -0.05) is 5.21 Å². The summed E-state index contributed by atoms with van der Waals surface area (Å²) in [4.78, 5) is 26.7. The summed E-state index contributed by atoms with van der Waals surface area (Å²) in [7, 11) is 0. The molecule has 0 spiro atoms. The zero-order chi connectivity index (χ0) is 16.2. The van der Waals surface area contributed by atoms with Gasteiger partial charge in [0.05, 0.1) is 24.9 Å². The van der Waals surface area contributed by atoms with Crippen LogP contribution in [0.15, 0.2) is 11.6 Å². The van der Waals surface area contributed by atoms with Crippen LogP contribution in [0.1, 0.15) is 22.6 Å². The van der Waals surface area contributed by atoms with E-state index in [1.807, 2.05) is 0 Å². The number of thiazole rings is 1. The molecule has 10 heteroatoms. The second-order valence-corrected chi connectivity index (χ2v) is 6.08. The highest BCUT2D eigenvalue weighted by atomic mass is 32.1. The van der Waals surface area contributed by atoms with E-state index in [4.69, 9.17) is 9.84 Å². The van der Waals surface area contributed by atoms with Gasteiger partial charge in [0.2, 0.25) is 0 Å². The van der Waals surface area contributed by atoms with Gasteiger partial charge in [0.25, 0.3) is 5.91 Å². The fraction of sp³-hybridized carbons (Fsp3) is 0.462. The van der Waals surface area contributed by atoms with Crippen LogP contribution in [0.3, 0.4) is 0 Å². The van der Waals surface area contributed by atoms with E-state index in [1.54, 1.807) is 16.3 Å². The van der Waals surface area contributed by atoms with E-state index in [2.05, 4.69) is 20.6 Å². The van der Waals surface area contributed by atoms with Crippen molar-refractivity contribution in [3.05, 3.63) is 23.0 Å². The van der Waals surface area contributed by atoms with E-state index in [0.717, 1.165) is 13.0 Å². The Morgan fingerprint density at radius 1 is 1.52 bits per heavy atom. The van der Waals surface area contributed by atoms with Crippen LogP contribution in [-0.4, -0.2) is 50.2 Å². The first-order valence-corrected chi connectivity index (χ1v) is 7.93. The van der Waals surface area contributed by atoms with Gasteiger partial charge in [-0.3, -0.25) is 19.6 Å². The summed E-state index contributed by atoms with van der Waals surface area (Å²) in [5, 5.41) is 21.0. The Morgan fingerprint density at radius 2 is 2.39 bits per heavy atom. The topological polar surface area (TPSA) is 119 Å². The molecule has 0 aliphatic carbocycles. The molecule has 1 atom stereocenters. The van der Waals surface area contributed by atoms with Gasteiger partial charge in [0, 0.05) is 24.4 Å². The number of carboxylic acids is 1. The lowest BCUT2D eigenvalue weighted by Gasteiger charge is -2.05. The maximum Gasteiger partial charge on any atom is 0.309 e. The molecule has 1 amide bonds. The molecule has 9 nitrogen and oxygen atoms in total. The lowest BCUT2D eigenvalue weighted by Crippen LogP contribution is -2.13. The van der Waals surface area contributed by atoms with Gasteiger partial charge in [0.1, 0.15) is 0 Å². The standard InChI is InChI=1S/C13H15N5O4S/c19-11(20)3-9-7-23-13(14-9)15-12(21)10-5-18(17-16-10)4-8-1-2-22-6-8/h5,7-8H,1-4,6H2,(H,19,20)(H,14,15,21). The molecule has 3 rings (SSSR count). The van der Waals surface area contributed by atoms with Crippen LogP contribution in [0.2, 0.25) is 0 Å². The molecule has 1 saturated heterocycles. The summed E-state index contributed by atoms with van der Waals surface area (Å²) in [6, 6.07) is 0. The van der Waals surface area contributed by atoms with Crippen molar-refractivity contribution in [2.24, 2.45) is 5.92 Å². The Balaban J connectivity index is 1.58. The van der Waals surface area contributed by atoms with E-state index in [0.29, 0.717) is 29.9 Å². The molecule has 2 aromatic heterocycles. The second-order valence-electron chi connectivity index (χ2n) is 5.22. The number of hydrogen-bond acceptors (Lipinski definition) is 7. The third-order valence-corrected chi connectivity index (χ3v) is 4.15. The Hall–Kier alpha value is -2.33. The van der Waals surface area contributed by atoms with Gasteiger partial charge in [-0.15, -0.1) is 16.4 Å². The Morgan fingerprint density at radius 3 is 3.13 bits per heavy atom. The normalized spacial score (nSPS) is 17.3. The van der Waals surface area contributed by atoms with Gasteiger partial charge in [0.15, 0.2) is 10.8 Å². The van der Waals surface area contributed by atoms with E-state index in [1.165, 1.54) is 11.3 Å². The van der Waals surface area contributed by atoms with Gasteiger partial charge in [-0.2, -0.15) is 0 Å². The molecule has 1 fully saturated rings. The molecule has 0 saturated carbocycles. The summed E-state index contributed by atoms with van der Waals surface area (Å²) in [6.07, 6.45) is 2.39. The van der Waals surface area contributed by atoms with E-state index >= 15 is 0 Å². The van der Waals surface area contributed by atoms with Gasteiger partial charge in [-0.25, -0.2) is 4.98 Å². The molecule has 3 heterocycles. The second kappa shape index (κ2) is 6.84. The number of hydrogen-bond donors (Lipinski definition) is 2. The monoisotopic (exact) mass is 337 g/mol. The molecular formula is C13H15N5O4S. The Labute approximate surface area is 135 Å². The van der Waals surface area contributed by atoms with Crippen molar-refractivity contribution in [1.82, 2.24) is 20.0 Å². The first kappa shape index (κ1) is 15.6. The first-order chi connectivity index (χ1) is 11.1. The zero-order valence-corrected chi connectivity index (χ0v) is 13.0. The predicted molar refractivity (Wildman–Crippen MR) is 80.4 cm³/mol. The molecule has 0 aromatic carbocycles. The van der Waals surface area contributed by atoms with Crippen molar-refractivity contribution in [2.75, 3.05) is 18.5 Å². The number of rotatable bonds is 6. The van der Waals surface area contributed by atoms with Crippen molar-refractivity contribution in [3.63, 3.8) is 0 Å². The number of anilines is 1. The first-order valence-electron chi connectivity index (χ1n) is 7.05. The summed E-state index contributed by atoms with van der Waals surface area (Å²) >= 11 is 1.17. The summed E-state index contributed by atoms with van der Waals surface area (Å²) in [6.45, 7) is 2.13. The molecule has 1 unspecified atom stereocenters. The van der Waals surface area contributed by atoms with Crippen LogP contribution in [-0.2, 0) is 22.5 Å². The third kappa shape index (κ3) is 4.11. The molecule has 2 aromatic rings. The van der Waals surface area contributed by atoms with Crippen LogP contribution < -0.4 is 5.32 Å². The van der Waals surface area contributed by atoms with Crippen molar-refractivity contribution in [1.29, 1.82) is 0 Å². The number of ether oxygens (including phenoxy) is 1. The number of nitrogens with one attached hydrogen (secondary N) is 1.